The smallest absolute Gasteiger partial charge is 0.282 e. The summed E-state index contributed by atoms with van der Waals surface area (Å²) >= 11 is 6.30. The quantitative estimate of drug-likeness (QED) is 0.459. The highest BCUT2D eigenvalue weighted by atomic mass is 35.5. The second kappa shape index (κ2) is 6.88. The van der Waals surface area contributed by atoms with Gasteiger partial charge in [-0.25, -0.2) is 0 Å². The van der Waals surface area contributed by atoms with E-state index >= 15 is 0 Å². The number of benzene rings is 2. The molecule has 1 aliphatic rings. The van der Waals surface area contributed by atoms with Gasteiger partial charge in [-0.3, -0.25) is 9.36 Å². The molecular formula is C22H23ClN2O. The molecular weight excluding hydrogens is 344 g/mol. The molecule has 0 unspecified atom stereocenters. The van der Waals surface area contributed by atoms with Gasteiger partial charge in [0.25, 0.3) is 5.56 Å². The van der Waals surface area contributed by atoms with Crippen molar-refractivity contribution in [1.82, 2.24) is 9.55 Å². The van der Waals surface area contributed by atoms with E-state index in [1.807, 2.05) is 12.1 Å². The third kappa shape index (κ3) is 2.75. The highest BCUT2D eigenvalue weighted by molar-refractivity contribution is 6.35. The van der Waals surface area contributed by atoms with Crippen LogP contribution in [0.25, 0.3) is 16.6 Å². The van der Waals surface area contributed by atoms with E-state index in [1.165, 1.54) is 36.8 Å². The van der Waals surface area contributed by atoms with Gasteiger partial charge in [0.1, 0.15) is 5.82 Å². The van der Waals surface area contributed by atoms with Crippen LogP contribution in [0.4, 0.5) is 0 Å². The molecule has 0 aliphatic carbocycles. The zero-order valence-electron chi connectivity index (χ0n) is 15.3. The molecule has 0 fully saturated rings. The lowest BCUT2D eigenvalue weighted by atomic mass is 9.89. The van der Waals surface area contributed by atoms with Crippen LogP contribution in [0.1, 0.15) is 62.4 Å². The van der Waals surface area contributed by atoms with Crippen LogP contribution in [0.2, 0.25) is 5.02 Å². The average molecular weight is 367 g/mol. The van der Waals surface area contributed by atoms with Crippen molar-refractivity contribution in [1.29, 1.82) is 0 Å². The first-order chi connectivity index (χ1) is 12.6. The molecule has 0 amide bonds. The van der Waals surface area contributed by atoms with Crippen molar-refractivity contribution in [3.05, 3.63) is 68.7 Å². The minimum absolute atomic E-state index is 0.236. The summed E-state index contributed by atoms with van der Waals surface area (Å²) in [6, 6.07) is 12.4. The lowest BCUT2D eigenvalue weighted by molar-refractivity contribution is 0.560. The Morgan fingerprint density at radius 2 is 1.92 bits per heavy atom. The zero-order chi connectivity index (χ0) is 18.3. The van der Waals surface area contributed by atoms with Crippen LogP contribution in [0, 0.1) is 0 Å². The van der Waals surface area contributed by atoms with Gasteiger partial charge in [-0.1, -0.05) is 56.5 Å². The van der Waals surface area contributed by atoms with Crippen LogP contribution in [-0.4, -0.2) is 9.55 Å². The largest absolute Gasteiger partial charge is 0.297 e. The topological polar surface area (TPSA) is 34.9 Å². The Morgan fingerprint density at radius 3 is 2.65 bits per heavy atom. The van der Waals surface area contributed by atoms with Crippen molar-refractivity contribution in [2.45, 2.75) is 51.9 Å². The van der Waals surface area contributed by atoms with Crippen LogP contribution in [-0.2, 0) is 6.42 Å². The predicted octanol–water partition coefficient (Wildman–Crippen LogP) is 5.63. The van der Waals surface area contributed by atoms with Crippen molar-refractivity contribution in [3.8, 4) is 5.69 Å². The molecule has 0 saturated carbocycles. The van der Waals surface area contributed by atoms with E-state index < -0.39 is 0 Å². The first-order valence-corrected chi connectivity index (χ1v) is 9.85. The van der Waals surface area contributed by atoms with Crippen molar-refractivity contribution < 1.29 is 0 Å². The van der Waals surface area contributed by atoms with Crippen LogP contribution < -0.4 is 5.56 Å². The van der Waals surface area contributed by atoms with Gasteiger partial charge in [0.2, 0.25) is 0 Å². The molecule has 3 aromatic rings. The van der Waals surface area contributed by atoms with Crippen LogP contribution in [0.5, 0.6) is 0 Å². The van der Waals surface area contributed by atoms with E-state index in [0.717, 1.165) is 17.0 Å². The molecule has 2 aromatic carbocycles. The Balaban J connectivity index is 1.92. The summed E-state index contributed by atoms with van der Waals surface area (Å²) in [4.78, 5) is 16.8. The van der Waals surface area contributed by atoms with Gasteiger partial charge in [-0.15, -0.1) is 0 Å². The Bertz CT molecular complexity index is 1030. The number of fused-ring (bicyclic) bond motifs is 5. The maximum atomic E-state index is 12.4. The van der Waals surface area contributed by atoms with Crippen molar-refractivity contribution >= 4 is 22.5 Å². The third-order valence-electron chi connectivity index (χ3n) is 5.38. The van der Waals surface area contributed by atoms with Gasteiger partial charge in [0, 0.05) is 6.42 Å². The van der Waals surface area contributed by atoms with Crippen LogP contribution in [0.15, 0.2) is 41.2 Å². The second-order valence-electron chi connectivity index (χ2n) is 7.14. The number of hydrogen-bond acceptors (Lipinski definition) is 2. The molecule has 0 spiro atoms. The summed E-state index contributed by atoms with van der Waals surface area (Å²) in [5.74, 6) is 1.39. The highest BCUT2D eigenvalue weighted by Crippen LogP contribution is 2.35. The van der Waals surface area contributed by atoms with Crippen LogP contribution >= 0.6 is 11.6 Å². The van der Waals surface area contributed by atoms with Crippen molar-refractivity contribution in [2.75, 3.05) is 0 Å². The Hall–Kier alpha value is -2.13. The summed E-state index contributed by atoms with van der Waals surface area (Å²) in [7, 11) is 0. The number of rotatable bonds is 5. The summed E-state index contributed by atoms with van der Waals surface area (Å²) < 4.78 is 2.12. The molecule has 2 heterocycles. The second-order valence-corrected chi connectivity index (χ2v) is 7.55. The molecule has 4 heteroatoms. The molecule has 1 aromatic heterocycles. The van der Waals surface area contributed by atoms with Gasteiger partial charge >= 0.3 is 0 Å². The Kier molecular flexibility index (Phi) is 4.58. The summed E-state index contributed by atoms with van der Waals surface area (Å²) in [6.45, 7) is 4.49. The minimum Gasteiger partial charge on any atom is -0.297 e. The number of halogens is 1. The first kappa shape index (κ1) is 17.3. The van der Waals surface area contributed by atoms with Gasteiger partial charge in [0.15, 0.2) is 0 Å². The molecule has 0 bridgehead atoms. The fourth-order valence-corrected chi connectivity index (χ4v) is 4.45. The molecule has 134 valence electrons. The number of hydrogen-bond donors (Lipinski definition) is 0. The van der Waals surface area contributed by atoms with E-state index in [4.69, 9.17) is 11.6 Å². The maximum absolute atomic E-state index is 12.4. The lowest BCUT2D eigenvalue weighted by Gasteiger charge is -2.18. The van der Waals surface area contributed by atoms with E-state index in [1.54, 1.807) is 6.07 Å². The molecule has 0 N–H and O–H groups in total. The molecule has 3 nitrogen and oxygen atoms in total. The van der Waals surface area contributed by atoms with Gasteiger partial charge < -0.3 is 0 Å². The van der Waals surface area contributed by atoms with E-state index in [2.05, 4.69) is 41.6 Å². The molecule has 4 rings (SSSR count). The molecule has 0 radical (unpaired) electrons. The van der Waals surface area contributed by atoms with Gasteiger partial charge in [-0.2, -0.15) is 4.98 Å². The lowest BCUT2D eigenvalue weighted by Crippen LogP contribution is -2.15. The summed E-state index contributed by atoms with van der Waals surface area (Å²) in [5, 5.41) is 0.976. The van der Waals surface area contributed by atoms with Gasteiger partial charge in [0.05, 0.1) is 21.6 Å². The minimum atomic E-state index is -0.236. The molecule has 0 atom stereocenters. The standard InChI is InChI=1S/C22H23ClN2O/c1-3-6-14(7-4-2)15-10-11-16-13-20-24-22(26)21-17(23)8-5-9-18(21)25(20)19(16)12-15/h5,8-12,14H,3-4,6-7,13H2,1-2H3. The molecule has 26 heavy (non-hydrogen) atoms. The summed E-state index contributed by atoms with van der Waals surface area (Å²) in [6.07, 6.45) is 5.47. The maximum Gasteiger partial charge on any atom is 0.282 e. The number of aromatic nitrogens is 2. The molecule has 0 saturated heterocycles. The van der Waals surface area contributed by atoms with Crippen molar-refractivity contribution in [3.63, 3.8) is 0 Å². The SMILES string of the molecule is CCCC(CCC)c1ccc2c(c1)-n1c(nc(=O)c3c(Cl)cccc31)C2. The summed E-state index contributed by atoms with van der Waals surface area (Å²) in [5.41, 5.74) is 4.37. The third-order valence-corrected chi connectivity index (χ3v) is 5.69. The van der Waals surface area contributed by atoms with Crippen molar-refractivity contribution in [2.24, 2.45) is 0 Å². The Morgan fingerprint density at radius 1 is 1.15 bits per heavy atom. The average Bonchev–Trinajstić information content (AvgIpc) is 2.98. The first-order valence-electron chi connectivity index (χ1n) is 9.47. The monoisotopic (exact) mass is 366 g/mol. The van der Waals surface area contributed by atoms with Crippen LogP contribution in [0.3, 0.4) is 0 Å². The fourth-order valence-electron chi connectivity index (χ4n) is 4.20. The number of nitrogens with zero attached hydrogens (tertiary/aromatic N) is 2. The van der Waals surface area contributed by atoms with E-state index in [9.17, 15) is 4.79 Å². The zero-order valence-corrected chi connectivity index (χ0v) is 16.0. The van der Waals surface area contributed by atoms with E-state index in [0.29, 0.717) is 22.7 Å². The normalized spacial score (nSPS) is 12.6. The Labute approximate surface area is 158 Å². The fraction of sp³-hybridized carbons (Fsp3) is 0.364. The molecule has 1 aliphatic heterocycles. The predicted molar refractivity (Wildman–Crippen MR) is 108 cm³/mol. The van der Waals surface area contributed by atoms with E-state index in [-0.39, 0.29) is 5.56 Å². The highest BCUT2D eigenvalue weighted by Gasteiger charge is 2.24. The van der Waals surface area contributed by atoms with Gasteiger partial charge in [-0.05, 0) is 48.1 Å².